The topological polar surface area (TPSA) is 66.8 Å². The van der Waals surface area contributed by atoms with Crippen LogP contribution >= 0.6 is 11.6 Å². The van der Waals surface area contributed by atoms with Crippen LogP contribution in [0.15, 0.2) is 24.3 Å². The minimum absolute atomic E-state index is 0.166. The molecule has 1 N–H and O–H groups in total. The van der Waals surface area contributed by atoms with Gasteiger partial charge in [0.15, 0.2) is 0 Å². The summed E-state index contributed by atoms with van der Waals surface area (Å²) >= 11 is 5.60. The lowest BCUT2D eigenvalue weighted by molar-refractivity contribution is 0.206. The van der Waals surface area contributed by atoms with Crippen LogP contribution in [-0.4, -0.2) is 20.1 Å². The van der Waals surface area contributed by atoms with Crippen molar-refractivity contribution in [1.82, 2.24) is 0 Å². The summed E-state index contributed by atoms with van der Waals surface area (Å²) in [6, 6.07) is 5.77. The molecular formula is C7H8ClNO4S. The molecule has 0 radical (unpaired) electrons. The van der Waals surface area contributed by atoms with Gasteiger partial charge < -0.3 is 0 Å². The van der Waals surface area contributed by atoms with E-state index in [4.69, 9.17) is 16.2 Å². The summed E-state index contributed by atoms with van der Waals surface area (Å²) in [5.41, 5.74) is 0.166. The molecule has 0 atom stereocenters. The van der Waals surface area contributed by atoms with Crippen molar-refractivity contribution in [3.63, 3.8) is 0 Å². The molecular weight excluding hydrogens is 230 g/mol. The van der Waals surface area contributed by atoms with Crippen molar-refractivity contribution >= 4 is 27.6 Å². The van der Waals surface area contributed by atoms with E-state index >= 15 is 0 Å². The zero-order valence-corrected chi connectivity index (χ0v) is 8.79. The highest BCUT2D eigenvalue weighted by atomic mass is 35.5. The minimum atomic E-state index is -4.41. The Balaban J connectivity index is 3.08. The highest BCUT2D eigenvalue weighted by Gasteiger charge is 2.18. The summed E-state index contributed by atoms with van der Waals surface area (Å²) in [4.78, 5) is 4.49. The molecule has 1 rings (SSSR count). The maximum absolute atomic E-state index is 10.8. The lowest BCUT2D eigenvalue weighted by Gasteiger charge is -2.16. The van der Waals surface area contributed by atoms with Crippen molar-refractivity contribution in [2.45, 2.75) is 0 Å². The van der Waals surface area contributed by atoms with E-state index in [9.17, 15) is 8.42 Å². The Hall–Kier alpha value is -0.820. The fraction of sp³-hybridized carbons (Fsp3) is 0.143. The first-order valence-electron chi connectivity index (χ1n) is 3.52. The lowest BCUT2D eigenvalue weighted by atomic mass is 10.3. The van der Waals surface area contributed by atoms with Gasteiger partial charge in [0.1, 0.15) is 0 Å². The predicted octanol–water partition coefficient (Wildman–Crippen LogP) is 1.51. The molecule has 0 fully saturated rings. The lowest BCUT2D eigenvalue weighted by Crippen LogP contribution is -2.28. The number of anilines is 1. The highest BCUT2D eigenvalue weighted by Crippen LogP contribution is 2.19. The average molecular weight is 238 g/mol. The number of hydrogen-bond donors (Lipinski definition) is 1. The number of nitrogens with zero attached hydrogens (tertiary/aromatic N) is 1. The molecule has 0 amide bonds. The fourth-order valence-electron chi connectivity index (χ4n) is 0.896. The van der Waals surface area contributed by atoms with Gasteiger partial charge in [-0.15, -0.1) is 4.47 Å². The second-order valence-corrected chi connectivity index (χ2v) is 4.03. The molecule has 0 aliphatic heterocycles. The van der Waals surface area contributed by atoms with Crippen LogP contribution in [0.25, 0.3) is 0 Å². The van der Waals surface area contributed by atoms with Crippen LogP contribution < -0.4 is 4.47 Å². The minimum Gasteiger partial charge on any atom is -0.267 e. The van der Waals surface area contributed by atoms with Crippen molar-refractivity contribution in [3.8, 4) is 0 Å². The number of hydrogen-bond acceptors (Lipinski definition) is 3. The van der Waals surface area contributed by atoms with Crippen molar-refractivity contribution in [3.05, 3.63) is 29.3 Å². The van der Waals surface area contributed by atoms with E-state index < -0.39 is 10.3 Å². The average Bonchev–Trinajstić information content (AvgIpc) is 2.07. The van der Waals surface area contributed by atoms with Gasteiger partial charge in [0, 0.05) is 5.02 Å². The zero-order chi connectivity index (χ0) is 10.8. The van der Waals surface area contributed by atoms with Crippen LogP contribution in [0.1, 0.15) is 0 Å². The van der Waals surface area contributed by atoms with E-state index in [0.29, 0.717) is 9.49 Å². The van der Waals surface area contributed by atoms with E-state index in [2.05, 4.69) is 4.84 Å². The Morgan fingerprint density at radius 3 is 2.21 bits per heavy atom. The third kappa shape index (κ3) is 2.58. The quantitative estimate of drug-likeness (QED) is 0.639. The van der Waals surface area contributed by atoms with Gasteiger partial charge in [-0.3, -0.25) is 9.39 Å². The Labute approximate surface area is 86.7 Å². The second-order valence-electron chi connectivity index (χ2n) is 2.36. The van der Waals surface area contributed by atoms with Crippen LogP contribution in [-0.2, 0) is 15.1 Å². The van der Waals surface area contributed by atoms with E-state index in [0.717, 1.165) is 7.11 Å². The third-order valence-electron chi connectivity index (χ3n) is 1.41. The van der Waals surface area contributed by atoms with Gasteiger partial charge in [-0.25, -0.2) is 0 Å². The van der Waals surface area contributed by atoms with E-state index in [1.807, 2.05) is 0 Å². The summed E-state index contributed by atoms with van der Waals surface area (Å²) in [5.74, 6) is 0. The van der Waals surface area contributed by atoms with Crippen LogP contribution in [0.3, 0.4) is 0 Å². The highest BCUT2D eigenvalue weighted by molar-refractivity contribution is 7.87. The van der Waals surface area contributed by atoms with Crippen molar-refractivity contribution in [2.75, 3.05) is 11.6 Å². The largest absolute Gasteiger partial charge is 0.382 e. The molecule has 7 heteroatoms. The van der Waals surface area contributed by atoms with E-state index in [-0.39, 0.29) is 5.69 Å². The predicted molar refractivity (Wildman–Crippen MR) is 52.5 cm³/mol. The normalized spacial score (nSPS) is 11.4. The van der Waals surface area contributed by atoms with Gasteiger partial charge in [-0.05, 0) is 24.3 Å². The van der Waals surface area contributed by atoms with Crippen molar-refractivity contribution in [1.29, 1.82) is 0 Å². The fourth-order valence-corrected chi connectivity index (χ4v) is 1.60. The van der Waals surface area contributed by atoms with E-state index in [1.54, 1.807) is 0 Å². The van der Waals surface area contributed by atoms with Crippen molar-refractivity contribution < 1.29 is 17.8 Å². The summed E-state index contributed by atoms with van der Waals surface area (Å²) in [5, 5.41) is 0.458. The molecule has 1 aromatic carbocycles. The molecule has 1 aromatic rings. The van der Waals surface area contributed by atoms with Gasteiger partial charge >= 0.3 is 10.3 Å². The molecule has 5 nitrogen and oxygen atoms in total. The van der Waals surface area contributed by atoms with Gasteiger partial charge in [0.25, 0.3) is 0 Å². The standard InChI is InChI=1S/C7H8ClNO4S/c1-13-9(14(10,11)12)7-4-2-6(8)3-5-7/h2-5H,1H3,(H,10,11,12). The molecule has 0 spiro atoms. The summed E-state index contributed by atoms with van der Waals surface area (Å²) in [6.45, 7) is 0. The molecule has 0 aliphatic carbocycles. The summed E-state index contributed by atoms with van der Waals surface area (Å²) in [7, 11) is -3.29. The Bertz CT molecular complexity index is 402. The first-order valence-corrected chi connectivity index (χ1v) is 5.30. The molecule has 0 aromatic heterocycles. The zero-order valence-electron chi connectivity index (χ0n) is 7.21. The first-order chi connectivity index (χ1) is 6.45. The summed E-state index contributed by atoms with van der Waals surface area (Å²) in [6.07, 6.45) is 0. The number of halogens is 1. The van der Waals surface area contributed by atoms with E-state index in [1.165, 1.54) is 24.3 Å². The Morgan fingerprint density at radius 2 is 1.86 bits per heavy atom. The molecule has 0 aliphatic rings. The van der Waals surface area contributed by atoms with Crippen LogP contribution in [0, 0.1) is 0 Å². The van der Waals surface area contributed by atoms with Gasteiger partial charge in [-0.1, -0.05) is 11.6 Å². The first kappa shape index (κ1) is 11.3. The molecule has 0 heterocycles. The second kappa shape index (κ2) is 4.14. The van der Waals surface area contributed by atoms with Gasteiger partial charge in [0.05, 0.1) is 12.8 Å². The van der Waals surface area contributed by atoms with Crippen LogP contribution in [0.2, 0.25) is 5.02 Å². The summed E-state index contributed by atoms with van der Waals surface area (Å²) < 4.78 is 30.7. The third-order valence-corrected chi connectivity index (χ3v) is 2.44. The molecule has 0 unspecified atom stereocenters. The van der Waals surface area contributed by atoms with Gasteiger partial charge in [0.2, 0.25) is 0 Å². The smallest absolute Gasteiger partial charge is 0.267 e. The monoisotopic (exact) mass is 237 g/mol. The van der Waals surface area contributed by atoms with Crippen molar-refractivity contribution in [2.24, 2.45) is 0 Å². The maximum Gasteiger partial charge on any atom is 0.382 e. The number of rotatable bonds is 3. The SMILES string of the molecule is CON(c1ccc(Cl)cc1)S(=O)(=O)O. The Morgan fingerprint density at radius 1 is 1.36 bits per heavy atom. The molecule has 0 saturated carbocycles. The molecule has 0 saturated heterocycles. The van der Waals surface area contributed by atoms with Crippen LogP contribution in [0.4, 0.5) is 5.69 Å². The maximum atomic E-state index is 10.8. The van der Waals surface area contributed by atoms with Crippen LogP contribution in [0.5, 0.6) is 0 Å². The molecule has 78 valence electrons. The van der Waals surface area contributed by atoms with Gasteiger partial charge in [-0.2, -0.15) is 8.42 Å². The molecule has 0 bridgehead atoms. The Kier molecular flexibility index (Phi) is 3.33. The number of benzene rings is 1. The molecule has 14 heavy (non-hydrogen) atoms.